The topological polar surface area (TPSA) is 58.2 Å². The first-order chi connectivity index (χ1) is 12.0. The maximum Gasteiger partial charge on any atom is 0.258 e. The third-order valence-electron chi connectivity index (χ3n) is 3.79. The van der Waals surface area contributed by atoms with E-state index in [-0.39, 0.29) is 16.8 Å². The van der Waals surface area contributed by atoms with Crippen LogP contribution in [0.4, 0.5) is 5.69 Å². The molecule has 0 unspecified atom stereocenters. The number of carbonyl (C=O) groups excluding carboxylic acids is 2. The Labute approximate surface area is 150 Å². The van der Waals surface area contributed by atoms with Crippen LogP contribution in [0.3, 0.4) is 0 Å². The second-order valence-electron chi connectivity index (χ2n) is 5.57. The molecule has 3 aromatic rings. The summed E-state index contributed by atoms with van der Waals surface area (Å²) in [6.07, 6.45) is 0. The number of benzene rings is 3. The van der Waals surface area contributed by atoms with Crippen molar-refractivity contribution in [3.05, 3.63) is 77.9 Å². The van der Waals surface area contributed by atoms with Crippen molar-refractivity contribution in [1.82, 2.24) is 5.32 Å². The van der Waals surface area contributed by atoms with E-state index in [1.54, 1.807) is 30.3 Å². The fourth-order valence-corrected chi connectivity index (χ4v) is 2.78. The molecule has 1 amide bonds. The Morgan fingerprint density at radius 3 is 2.44 bits per heavy atom. The average Bonchev–Trinajstić information content (AvgIpc) is 2.61. The van der Waals surface area contributed by atoms with Gasteiger partial charge in [0.25, 0.3) is 5.91 Å². The van der Waals surface area contributed by atoms with Crippen molar-refractivity contribution < 1.29 is 9.59 Å². The van der Waals surface area contributed by atoms with Gasteiger partial charge < -0.3 is 5.32 Å². The van der Waals surface area contributed by atoms with Crippen molar-refractivity contribution in [3.8, 4) is 0 Å². The van der Waals surface area contributed by atoms with Crippen LogP contribution in [0.2, 0.25) is 0 Å². The zero-order valence-electron chi connectivity index (χ0n) is 13.6. The highest BCUT2D eigenvalue weighted by molar-refractivity contribution is 7.80. The van der Waals surface area contributed by atoms with Crippen molar-refractivity contribution in [3.63, 3.8) is 0 Å². The van der Waals surface area contributed by atoms with Gasteiger partial charge in [-0.25, -0.2) is 0 Å². The largest absolute Gasteiger partial charge is 0.332 e. The standard InChI is InChI=1S/C20H16N2O2S/c1-13(23)15-8-4-9-16(12-15)21-20(25)22-19(24)18-11-5-7-14-6-2-3-10-17(14)18/h2-12H,1H3,(H2,21,22,24,25). The monoisotopic (exact) mass is 348 g/mol. The van der Waals surface area contributed by atoms with Gasteiger partial charge in [0.05, 0.1) is 0 Å². The third kappa shape index (κ3) is 3.89. The summed E-state index contributed by atoms with van der Waals surface area (Å²) in [5.74, 6) is -0.314. The van der Waals surface area contributed by atoms with E-state index in [4.69, 9.17) is 12.2 Å². The van der Waals surface area contributed by atoms with Gasteiger partial charge in [0.15, 0.2) is 10.9 Å². The number of anilines is 1. The van der Waals surface area contributed by atoms with E-state index in [1.807, 2.05) is 36.4 Å². The molecule has 3 rings (SSSR count). The summed E-state index contributed by atoms with van der Waals surface area (Å²) < 4.78 is 0. The Morgan fingerprint density at radius 2 is 1.64 bits per heavy atom. The Morgan fingerprint density at radius 1 is 0.920 bits per heavy atom. The van der Waals surface area contributed by atoms with Gasteiger partial charge >= 0.3 is 0 Å². The zero-order valence-corrected chi connectivity index (χ0v) is 14.4. The molecule has 2 N–H and O–H groups in total. The molecule has 5 heteroatoms. The predicted molar refractivity (Wildman–Crippen MR) is 104 cm³/mol. The Bertz CT molecular complexity index is 977. The molecule has 0 aliphatic carbocycles. The molecule has 0 heterocycles. The molecule has 124 valence electrons. The van der Waals surface area contributed by atoms with E-state index < -0.39 is 0 Å². The smallest absolute Gasteiger partial charge is 0.258 e. The van der Waals surface area contributed by atoms with Crippen molar-refractivity contribution in [2.75, 3.05) is 5.32 Å². The Kier molecular flexibility index (Phi) is 4.86. The van der Waals surface area contributed by atoms with Crippen LogP contribution in [-0.4, -0.2) is 16.8 Å². The highest BCUT2D eigenvalue weighted by atomic mass is 32.1. The number of ketones is 1. The van der Waals surface area contributed by atoms with Crippen LogP contribution in [0.15, 0.2) is 66.7 Å². The summed E-state index contributed by atoms with van der Waals surface area (Å²) in [5.41, 5.74) is 1.78. The zero-order chi connectivity index (χ0) is 17.8. The van der Waals surface area contributed by atoms with E-state index in [0.29, 0.717) is 16.8 Å². The molecule has 0 bridgehead atoms. The summed E-state index contributed by atoms with van der Waals surface area (Å²) in [7, 11) is 0. The molecule has 25 heavy (non-hydrogen) atoms. The van der Waals surface area contributed by atoms with Gasteiger partial charge in [-0.3, -0.25) is 14.9 Å². The minimum atomic E-state index is -0.281. The average molecular weight is 348 g/mol. The van der Waals surface area contributed by atoms with E-state index in [9.17, 15) is 9.59 Å². The van der Waals surface area contributed by atoms with Gasteiger partial charge in [0.2, 0.25) is 0 Å². The molecule has 0 radical (unpaired) electrons. The lowest BCUT2D eigenvalue weighted by atomic mass is 10.0. The molecular weight excluding hydrogens is 332 g/mol. The maximum atomic E-state index is 12.5. The maximum absolute atomic E-state index is 12.5. The Hall–Kier alpha value is -3.05. The van der Waals surface area contributed by atoms with Crippen molar-refractivity contribution in [1.29, 1.82) is 0 Å². The van der Waals surface area contributed by atoms with Crippen LogP contribution in [0.1, 0.15) is 27.6 Å². The number of fused-ring (bicyclic) bond motifs is 1. The highest BCUT2D eigenvalue weighted by Crippen LogP contribution is 2.18. The number of Topliss-reactive ketones (excluding diaryl/α,β-unsaturated/α-hetero) is 1. The second kappa shape index (κ2) is 7.23. The van der Waals surface area contributed by atoms with Crippen LogP contribution in [0, 0.1) is 0 Å². The summed E-state index contributed by atoms with van der Waals surface area (Å²) in [6.45, 7) is 1.50. The van der Waals surface area contributed by atoms with E-state index in [0.717, 1.165) is 10.8 Å². The summed E-state index contributed by atoms with van der Waals surface area (Å²) in [4.78, 5) is 24.0. The number of amides is 1. The lowest BCUT2D eigenvalue weighted by Gasteiger charge is -2.11. The number of carbonyl (C=O) groups is 2. The van der Waals surface area contributed by atoms with E-state index in [2.05, 4.69) is 10.6 Å². The van der Waals surface area contributed by atoms with Gasteiger partial charge in [0.1, 0.15) is 0 Å². The van der Waals surface area contributed by atoms with Gasteiger partial charge in [-0.05, 0) is 48.1 Å². The third-order valence-corrected chi connectivity index (χ3v) is 3.99. The van der Waals surface area contributed by atoms with Gasteiger partial charge in [0, 0.05) is 16.8 Å². The number of hydrogen-bond acceptors (Lipinski definition) is 3. The summed E-state index contributed by atoms with van der Waals surface area (Å²) in [6, 6.07) is 20.2. The molecule has 0 fully saturated rings. The molecule has 0 saturated heterocycles. The van der Waals surface area contributed by atoms with Crippen LogP contribution in [0.5, 0.6) is 0 Å². The molecule has 0 aliphatic rings. The Balaban J connectivity index is 1.75. The lowest BCUT2D eigenvalue weighted by Crippen LogP contribution is -2.34. The molecule has 4 nitrogen and oxygen atoms in total. The number of rotatable bonds is 3. The van der Waals surface area contributed by atoms with Crippen molar-refractivity contribution in [2.24, 2.45) is 0 Å². The minimum Gasteiger partial charge on any atom is -0.332 e. The quantitative estimate of drug-likeness (QED) is 0.551. The molecular formula is C20H16N2O2S. The number of hydrogen-bond donors (Lipinski definition) is 2. The van der Waals surface area contributed by atoms with Gasteiger partial charge in [-0.1, -0.05) is 48.5 Å². The summed E-state index contributed by atoms with van der Waals surface area (Å²) in [5, 5.41) is 7.65. The van der Waals surface area contributed by atoms with Crippen molar-refractivity contribution in [2.45, 2.75) is 6.92 Å². The first-order valence-corrected chi connectivity index (χ1v) is 8.16. The van der Waals surface area contributed by atoms with Crippen LogP contribution >= 0.6 is 12.2 Å². The van der Waals surface area contributed by atoms with Gasteiger partial charge in [-0.2, -0.15) is 0 Å². The van der Waals surface area contributed by atoms with Crippen molar-refractivity contribution >= 4 is 45.5 Å². The normalized spacial score (nSPS) is 10.3. The highest BCUT2D eigenvalue weighted by Gasteiger charge is 2.11. The van der Waals surface area contributed by atoms with Crippen LogP contribution in [0.25, 0.3) is 10.8 Å². The van der Waals surface area contributed by atoms with E-state index in [1.165, 1.54) is 6.92 Å². The molecule has 0 saturated carbocycles. The first kappa shape index (κ1) is 16.8. The molecule has 0 atom stereocenters. The van der Waals surface area contributed by atoms with E-state index >= 15 is 0 Å². The lowest BCUT2D eigenvalue weighted by molar-refractivity contribution is 0.0977. The summed E-state index contributed by atoms with van der Waals surface area (Å²) >= 11 is 5.22. The molecule has 3 aromatic carbocycles. The number of nitrogens with one attached hydrogen (secondary N) is 2. The second-order valence-corrected chi connectivity index (χ2v) is 5.98. The molecule has 0 spiro atoms. The SMILES string of the molecule is CC(=O)c1cccc(NC(=S)NC(=O)c2cccc3ccccc23)c1. The predicted octanol–water partition coefficient (Wildman–Crippen LogP) is 4.17. The van der Waals surface area contributed by atoms with Crippen LogP contribution in [-0.2, 0) is 0 Å². The fraction of sp³-hybridized carbons (Fsp3) is 0.0500. The molecule has 0 aromatic heterocycles. The van der Waals surface area contributed by atoms with Crippen LogP contribution < -0.4 is 10.6 Å². The van der Waals surface area contributed by atoms with Gasteiger partial charge in [-0.15, -0.1) is 0 Å². The minimum absolute atomic E-state index is 0.0330. The first-order valence-electron chi connectivity index (χ1n) is 7.76. The fourth-order valence-electron chi connectivity index (χ4n) is 2.57. The number of thiocarbonyl (C=S) groups is 1. The molecule has 0 aliphatic heterocycles.